The number of ether oxygens (including phenoxy) is 3. The monoisotopic (exact) mass is 553 g/mol. The summed E-state index contributed by atoms with van der Waals surface area (Å²) >= 11 is 24.7. The molecule has 0 unspecified atom stereocenters. The molecule has 0 saturated heterocycles. The number of nitrogens with zero attached hydrogens (tertiary/aromatic N) is 1. The van der Waals surface area contributed by atoms with Gasteiger partial charge in [-0.1, -0.05) is 58.5 Å². The number of aryl methyl sites for hydroxylation is 2. The summed E-state index contributed by atoms with van der Waals surface area (Å²) in [7, 11) is 4.67. The van der Waals surface area contributed by atoms with Gasteiger partial charge in [0.2, 0.25) is 5.75 Å². The highest BCUT2D eigenvalue weighted by molar-refractivity contribution is 6.56. The zero-order valence-corrected chi connectivity index (χ0v) is 21.9. The molecule has 0 N–H and O–H groups in total. The molecular formula is C25H19Cl4NO5. The van der Waals surface area contributed by atoms with Crippen molar-refractivity contribution in [2.75, 3.05) is 26.2 Å². The van der Waals surface area contributed by atoms with Crippen LogP contribution in [0.2, 0.25) is 20.1 Å². The molecule has 35 heavy (non-hydrogen) atoms. The van der Waals surface area contributed by atoms with Crippen LogP contribution < -0.4 is 19.1 Å². The van der Waals surface area contributed by atoms with Crippen molar-refractivity contribution < 1.29 is 23.8 Å². The SMILES string of the molecule is COc1cc(CCc2cccc(N3C(=O)c4c(Cl)c(Cl)c(Cl)c(Cl)c4C3=O)c2)cc(OC)c1OC. The van der Waals surface area contributed by atoms with Crippen molar-refractivity contribution in [1.29, 1.82) is 0 Å². The average molecular weight is 555 g/mol. The van der Waals surface area contributed by atoms with Gasteiger partial charge in [-0.3, -0.25) is 9.59 Å². The molecular weight excluding hydrogens is 536 g/mol. The van der Waals surface area contributed by atoms with Crippen LogP contribution in [0.3, 0.4) is 0 Å². The van der Waals surface area contributed by atoms with Crippen molar-refractivity contribution in [3.05, 3.63) is 78.7 Å². The van der Waals surface area contributed by atoms with Crippen LogP contribution in [0, 0.1) is 0 Å². The van der Waals surface area contributed by atoms with Crippen LogP contribution >= 0.6 is 46.4 Å². The van der Waals surface area contributed by atoms with Crippen LogP contribution in [-0.2, 0) is 12.8 Å². The van der Waals surface area contributed by atoms with Gasteiger partial charge in [-0.15, -0.1) is 0 Å². The first-order chi connectivity index (χ1) is 16.7. The Labute approximate surface area is 222 Å². The number of halogens is 4. The molecule has 0 bridgehead atoms. The standard InChI is InChI=1S/C25H19Cl4NO5/c1-33-15-10-13(11-16(34-2)23(15)35-3)8-7-12-5-4-6-14(9-12)30-24(31)17-18(25(30)32)20(27)22(29)21(28)19(17)26/h4-6,9-11H,7-8H2,1-3H3. The smallest absolute Gasteiger partial charge is 0.267 e. The Balaban J connectivity index is 1.62. The van der Waals surface area contributed by atoms with E-state index in [-0.39, 0.29) is 31.2 Å². The number of amides is 2. The summed E-state index contributed by atoms with van der Waals surface area (Å²) in [5, 5.41) is -0.343. The summed E-state index contributed by atoms with van der Waals surface area (Å²) in [6.07, 6.45) is 1.26. The van der Waals surface area contributed by atoms with Gasteiger partial charge in [0.05, 0.1) is 58.2 Å². The summed E-state index contributed by atoms with van der Waals surface area (Å²) in [4.78, 5) is 27.3. The fraction of sp³-hybridized carbons (Fsp3) is 0.200. The lowest BCUT2D eigenvalue weighted by molar-refractivity contribution is 0.0926. The van der Waals surface area contributed by atoms with Crippen LogP contribution in [0.15, 0.2) is 36.4 Å². The van der Waals surface area contributed by atoms with Crippen molar-refractivity contribution in [2.24, 2.45) is 0 Å². The van der Waals surface area contributed by atoms with E-state index in [4.69, 9.17) is 60.6 Å². The van der Waals surface area contributed by atoms with Crippen molar-refractivity contribution in [2.45, 2.75) is 12.8 Å². The molecule has 0 aliphatic carbocycles. The normalized spacial score (nSPS) is 12.7. The number of anilines is 1. The van der Waals surface area contributed by atoms with E-state index in [0.717, 1.165) is 16.0 Å². The minimum atomic E-state index is -0.614. The molecule has 1 aliphatic heterocycles. The Bertz CT molecular complexity index is 1290. The van der Waals surface area contributed by atoms with Gasteiger partial charge in [-0.2, -0.15) is 0 Å². The van der Waals surface area contributed by atoms with Crippen LogP contribution in [0.4, 0.5) is 5.69 Å². The van der Waals surface area contributed by atoms with E-state index < -0.39 is 11.8 Å². The van der Waals surface area contributed by atoms with Crippen LogP contribution in [-0.4, -0.2) is 33.1 Å². The van der Waals surface area contributed by atoms with Crippen molar-refractivity contribution in [3.8, 4) is 17.2 Å². The number of rotatable bonds is 7. The van der Waals surface area contributed by atoms with E-state index in [1.807, 2.05) is 18.2 Å². The lowest BCUT2D eigenvalue weighted by Crippen LogP contribution is -2.29. The van der Waals surface area contributed by atoms with Gasteiger partial charge in [-0.25, -0.2) is 4.90 Å². The van der Waals surface area contributed by atoms with E-state index >= 15 is 0 Å². The molecule has 1 heterocycles. The number of carbonyl (C=O) groups excluding carboxylic acids is 2. The number of carbonyl (C=O) groups is 2. The lowest BCUT2D eigenvalue weighted by Gasteiger charge is -2.16. The molecule has 0 radical (unpaired) electrons. The second kappa shape index (κ2) is 10.2. The van der Waals surface area contributed by atoms with Gasteiger partial charge in [-0.05, 0) is 48.2 Å². The maximum absolute atomic E-state index is 13.2. The largest absolute Gasteiger partial charge is 0.493 e. The Morgan fingerprint density at radius 1 is 0.686 bits per heavy atom. The number of fused-ring (bicyclic) bond motifs is 1. The number of methoxy groups -OCH3 is 3. The summed E-state index contributed by atoms with van der Waals surface area (Å²) in [5.74, 6) is 0.416. The van der Waals surface area contributed by atoms with Crippen molar-refractivity contribution in [1.82, 2.24) is 0 Å². The van der Waals surface area contributed by atoms with E-state index in [2.05, 4.69) is 0 Å². The molecule has 182 valence electrons. The topological polar surface area (TPSA) is 65.1 Å². The third-order valence-electron chi connectivity index (χ3n) is 5.70. The minimum absolute atomic E-state index is 0.0566. The Morgan fingerprint density at radius 3 is 1.69 bits per heavy atom. The van der Waals surface area contributed by atoms with E-state index in [1.54, 1.807) is 39.5 Å². The summed E-state index contributed by atoms with van der Waals surface area (Å²) in [6, 6.07) is 10.9. The molecule has 6 nitrogen and oxygen atoms in total. The number of hydrogen-bond acceptors (Lipinski definition) is 5. The molecule has 0 saturated carbocycles. The predicted octanol–water partition coefficient (Wildman–Crippen LogP) is 6.91. The third-order valence-corrected chi connectivity index (χ3v) is 7.50. The molecule has 3 aromatic rings. The molecule has 4 rings (SSSR count). The Hall–Kier alpha value is -2.64. The summed E-state index contributed by atoms with van der Waals surface area (Å²) in [6.45, 7) is 0. The Kier molecular flexibility index (Phi) is 7.38. The third kappa shape index (κ3) is 4.40. The van der Waals surface area contributed by atoms with Crippen molar-refractivity contribution in [3.63, 3.8) is 0 Å². The van der Waals surface area contributed by atoms with Gasteiger partial charge in [0.1, 0.15) is 0 Å². The van der Waals surface area contributed by atoms with Crippen molar-refractivity contribution >= 4 is 63.9 Å². The number of imide groups is 1. The highest BCUT2D eigenvalue weighted by atomic mass is 35.5. The van der Waals surface area contributed by atoms with E-state index in [9.17, 15) is 9.59 Å². The molecule has 0 spiro atoms. The fourth-order valence-corrected chi connectivity index (χ4v) is 5.02. The summed E-state index contributed by atoms with van der Waals surface area (Å²) in [5.41, 5.74) is 2.14. The van der Waals surface area contributed by atoms with Gasteiger partial charge < -0.3 is 14.2 Å². The number of benzene rings is 3. The quantitative estimate of drug-likeness (QED) is 0.180. The maximum atomic E-state index is 13.2. The summed E-state index contributed by atoms with van der Waals surface area (Å²) < 4.78 is 16.2. The molecule has 0 atom stereocenters. The highest BCUT2D eigenvalue weighted by Gasteiger charge is 2.42. The Morgan fingerprint density at radius 2 is 1.20 bits per heavy atom. The fourth-order valence-electron chi connectivity index (χ4n) is 4.00. The molecule has 0 fully saturated rings. The zero-order valence-electron chi connectivity index (χ0n) is 18.9. The molecule has 1 aliphatic rings. The van der Waals surface area contributed by atoms with Crippen LogP contribution in [0.1, 0.15) is 31.8 Å². The van der Waals surface area contributed by atoms with Crippen LogP contribution in [0.5, 0.6) is 17.2 Å². The van der Waals surface area contributed by atoms with E-state index in [0.29, 0.717) is 35.8 Å². The second-order valence-electron chi connectivity index (χ2n) is 7.66. The van der Waals surface area contributed by atoms with Gasteiger partial charge >= 0.3 is 0 Å². The molecule has 0 aromatic heterocycles. The molecule has 3 aromatic carbocycles. The molecule has 2 amide bonds. The van der Waals surface area contributed by atoms with E-state index in [1.165, 1.54) is 0 Å². The number of hydrogen-bond donors (Lipinski definition) is 0. The highest BCUT2D eigenvalue weighted by Crippen LogP contribution is 2.45. The first kappa shape index (κ1) is 25.5. The average Bonchev–Trinajstić information content (AvgIpc) is 3.14. The second-order valence-corrected chi connectivity index (χ2v) is 9.17. The first-order valence-corrected chi connectivity index (χ1v) is 11.9. The first-order valence-electron chi connectivity index (χ1n) is 10.4. The van der Waals surface area contributed by atoms with Crippen LogP contribution in [0.25, 0.3) is 0 Å². The predicted molar refractivity (Wildman–Crippen MR) is 138 cm³/mol. The minimum Gasteiger partial charge on any atom is -0.493 e. The van der Waals surface area contributed by atoms with Gasteiger partial charge in [0, 0.05) is 0 Å². The van der Waals surface area contributed by atoms with Gasteiger partial charge in [0.15, 0.2) is 11.5 Å². The lowest BCUT2D eigenvalue weighted by atomic mass is 10.0. The maximum Gasteiger partial charge on any atom is 0.267 e. The molecule has 10 heteroatoms. The van der Waals surface area contributed by atoms with Gasteiger partial charge in [0.25, 0.3) is 11.8 Å². The zero-order chi connectivity index (χ0) is 25.4.